The first-order chi connectivity index (χ1) is 14.3. The van der Waals surface area contributed by atoms with Gasteiger partial charge in [0.25, 0.3) is 5.92 Å². The summed E-state index contributed by atoms with van der Waals surface area (Å²) in [4.78, 5) is 11.6. The Hall–Kier alpha value is -2.71. The Kier molecular flexibility index (Phi) is 5.62. The lowest BCUT2D eigenvalue weighted by molar-refractivity contribution is -0.117. The molecule has 1 atom stereocenters. The first-order valence-corrected chi connectivity index (χ1v) is 10.5. The van der Waals surface area contributed by atoms with E-state index in [2.05, 4.69) is 15.5 Å². The lowest BCUT2D eigenvalue weighted by Crippen LogP contribution is -2.31. The molecule has 5 nitrogen and oxygen atoms in total. The van der Waals surface area contributed by atoms with Crippen LogP contribution in [0.25, 0.3) is 10.6 Å². The zero-order chi connectivity index (χ0) is 21.3. The molecule has 4 rings (SSSR count). The van der Waals surface area contributed by atoms with Gasteiger partial charge in [-0.1, -0.05) is 47.7 Å². The van der Waals surface area contributed by atoms with Crippen molar-refractivity contribution in [3.05, 3.63) is 64.7 Å². The molecule has 3 N–H and O–H groups in total. The maximum Gasteiger partial charge on any atom is 0.270 e. The molecular formula is C22H22F2N4OS. The summed E-state index contributed by atoms with van der Waals surface area (Å²) < 4.78 is 26.6. The number of nitrogens with one attached hydrogen (secondary N) is 1. The monoisotopic (exact) mass is 428 g/mol. The molecule has 3 aromatic rings. The van der Waals surface area contributed by atoms with Gasteiger partial charge in [-0.05, 0) is 29.2 Å². The summed E-state index contributed by atoms with van der Waals surface area (Å²) in [5.41, 5.74) is 10.2. The van der Waals surface area contributed by atoms with E-state index < -0.39 is 5.92 Å². The zero-order valence-electron chi connectivity index (χ0n) is 16.5. The number of halogens is 2. The summed E-state index contributed by atoms with van der Waals surface area (Å²) in [6.07, 6.45) is 1.56. The van der Waals surface area contributed by atoms with Crippen molar-refractivity contribution >= 4 is 22.3 Å². The zero-order valence-corrected chi connectivity index (χ0v) is 17.3. The van der Waals surface area contributed by atoms with Gasteiger partial charge in [0.05, 0.1) is 0 Å². The number of fused-ring (bicyclic) bond motifs is 1. The molecule has 156 valence electrons. The molecular weight excluding hydrogens is 406 g/mol. The Morgan fingerprint density at radius 3 is 2.60 bits per heavy atom. The third-order valence-corrected chi connectivity index (χ3v) is 6.06. The van der Waals surface area contributed by atoms with Crippen LogP contribution in [0.5, 0.6) is 0 Å². The fourth-order valence-corrected chi connectivity index (χ4v) is 4.27. The lowest BCUT2D eigenvalue weighted by atomic mass is 10.0. The lowest BCUT2D eigenvalue weighted by Gasteiger charge is -2.14. The van der Waals surface area contributed by atoms with Gasteiger partial charge in [0, 0.05) is 43.5 Å². The van der Waals surface area contributed by atoms with Gasteiger partial charge in [-0.2, -0.15) is 0 Å². The van der Waals surface area contributed by atoms with Crippen LogP contribution in [0.3, 0.4) is 0 Å². The molecule has 0 amide bonds. The van der Waals surface area contributed by atoms with Gasteiger partial charge in [-0.25, -0.2) is 8.78 Å². The Morgan fingerprint density at radius 2 is 1.87 bits per heavy atom. The van der Waals surface area contributed by atoms with Crippen LogP contribution in [-0.4, -0.2) is 28.6 Å². The molecule has 1 heterocycles. The van der Waals surface area contributed by atoms with Crippen LogP contribution in [0.15, 0.2) is 42.5 Å². The van der Waals surface area contributed by atoms with Crippen LogP contribution in [0, 0.1) is 0 Å². The van der Waals surface area contributed by atoms with E-state index in [0.717, 1.165) is 34.2 Å². The number of anilines is 1. The van der Waals surface area contributed by atoms with Crippen LogP contribution in [0.2, 0.25) is 0 Å². The second-order valence-corrected chi connectivity index (χ2v) is 8.70. The Bertz CT molecular complexity index is 1060. The molecule has 0 unspecified atom stereocenters. The maximum atomic E-state index is 13.3. The topological polar surface area (TPSA) is 80.9 Å². The fourth-order valence-electron chi connectivity index (χ4n) is 3.52. The van der Waals surface area contributed by atoms with Crippen molar-refractivity contribution < 1.29 is 13.6 Å². The number of hydrogen-bond donors (Lipinski definition) is 2. The summed E-state index contributed by atoms with van der Waals surface area (Å²) in [7, 11) is 0. The van der Waals surface area contributed by atoms with Crippen LogP contribution >= 0.6 is 11.3 Å². The highest BCUT2D eigenvalue weighted by Crippen LogP contribution is 2.30. The summed E-state index contributed by atoms with van der Waals surface area (Å²) >= 11 is 1.43. The third kappa shape index (κ3) is 4.71. The Balaban J connectivity index is 1.33. The number of hydrogen-bond acceptors (Lipinski definition) is 6. The molecule has 0 fully saturated rings. The van der Waals surface area contributed by atoms with E-state index in [1.165, 1.54) is 23.5 Å². The van der Waals surface area contributed by atoms with E-state index in [1.807, 2.05) is 18.2 Å². The second-order valence-electron chi connectivity index (χ2n) is 7.72. The molecule has 0 saturated heterocycles. The van der Waals surface area contributed by atoms with Gasteiger partial charge in [0.2, 0.25) is 5.13 Å². The van der Waals surface area contributed by atoms with Crippen molar-refractivity contribution in [3.8, 4) is 10.6 Å². The predicted molar refractivity (Wildman–Crippen MR) is 114 cm³/mol. The highest BCUT2D eigenvalue weighted by molar-refractivity contribution is 7.18. The quantitative estimate of drug-likeness (QED) is 0.595. The standard InChI is InChI=1S/C22H22F2N4OS/c1-22(23,24)17-6-2-13(3-7-17)8-18(25)12-26-21-28-27-20(30-21)15-5-4-14-10-19(29)11-16(14)9-15/h2-7,9,18H,8,10-12,25H2,1H3,(H,26,28)/t18-/m0/s1. The minimum Gasteiger partial charge on any atom is -0.359 e. The first kappa shape index (κ1) is 20.6. The average Bonchev–Trinajstić information content (AvgIpc) is 3.31. The molecule has 2 aromatic carbocycles. The highest BCUT2D eigenvalue weighted by Gasteiger charge is 2.23. The van der Waals surface area contributed by atoms with Crippen molar-refractivity contribution in [1.82, 2.24) is 10.2 Å². The number of aromatic nitrogens is 2. The van der Waals surface area contributed by atoms with Gasteiger partial charge >= 0.3 is 0 Å². The first-order valence-electron chi connectivity index (χ1n) is 9.72. The van der Waals surface area contributed by atoms with Crippen LogP contribution < -0.4 is 11.1 Å². The normalized spacial score (nSPS) is 14.6. The van der Waals surface area contributed by atoms with Gasteiger partial charge in [0.1, 0.15) is 10.8 Å². The number of carbonyl (C=O) groups excluding carboxylic acids is 1. The summed E-state index contributed by atoms with van der Waals surface area (Å²) in [5.74, 6) is -2.60. The van der Waals surface area contributed by atoms with E-state index in [0.29, 0.717) is 30.9 Å². The van der Waals surface area contributed by atoms with Crippen LogP contribution in [0.4, 0.5) is 13.9 Å². The molecule has 8 heteroatoms. The minimum atomic E-state index is -2.84. The number of benzene rings is 2. The number of nitrogens with zero attached hydrogens (tertiary/aromatic N) is 2. The molecule has 1 aliphatic carbocycles. The molecule has 1 aromatic heterocycles. The van der Waals surface area contributed by atoms with Crippen LogP contribution in [-0.2, 0) is 30.0 Å². The Morgan fingerprint density at radius 1 is 1.13 bits per heavy atom. The van der Waals surface area contributed by atoms with Crippen molar-refractivity contribution in [2.45, 2.75) is 38.2 Å². The van der Waals surface area contributed by atoms with Crippen molar-refractivity contribution in [1.29, 1.82) is 0 Å². The molecule has 1 aliphatic rings. The second kappa shape index (κ2) is 8.20. The number of alkyl halides is 2. The molecule has 0 spiro atoms. The van der Waals surface area contributed by atoms with Crippen molar-refractivity contribution in [2.24, 2.45) is 5.73 Å². The van der Waals surface area contributed by atoms with E-state index in [9.17, 15) is 13.6 Å². The van der Waals surface area contributed by atoms with Gasteiger partial charge in [-0.15, -0.1) is 10.2 Å². The number of rotatable bonds is 7. The van der Waals surface area contributed by atoms with E-state index in [1.54, 1.807) is 12.1 Å². The average molecular weight is 429 g/mol. The van der Waals surface area contributed by atoms with Crippen molar-refractivity contribution in [2.75, 3.05) is 11.9 Å². The predicted octanol–water partition coefficient (Wildman–Crippen LogP) is 3.97. The number of carbonyl (C=O) groups is 1. The molecule has 0 saturated carbocycles. The number of ketones is 1. The molecule has 0 aliphatic heterocycles. The third-order valence-electron chi connectivity index (χ3n) is 5.13. The number of nitrogens with two attached hydrogens (primary N) is 1. The molecule has 0 bridgehead atoms. The minimum absolute atomic E-state index is 0.00439. The summed E-state index contributed by atoms with van der Waals surface area (Å²) in [5, 5.41) is 13.0. The smallest absolute Gasteiger partial charge is 0.270 e. The highest BCUT2D eigenvalue weighted by atomic mass is 32.1. The van der Waals surface area contributed by atoms with Gasteiger partial charge in [0.15, 0.2) is 0 Å². The SMILES string of the molecule is CC(F)(F)c1ccc(C[C@H](N)CNc2nnc(-c3ccc4c(c3)CC(=O)C4)s2)cc1. The molecule has 30 heavy (non-hydrogen) atoms. The van der Waals surface area contributed by atoms with Gasteiger partial charge in [-0.3, -0.25) is 4.79 Å². The summed E-state index contributed by atoms with van der Waals surface area (Å²) in [6, 6.07) is 12.0. The van der Waals surface area contributed by atoms with Gasteiger partial charge < -0.3 is 11.1 Å². The largest absolute Gasteiger partial charge is 0.359 e. The maximum absolute atomic E-state index is 13.3. The fraction of sp³-hybridized carbons (Fsp3) is 0.318. The van der Waals surface area contributed by atoms with E-state index in [-0.39, 0.29) is 17.4 Å². The van der Waals surface area contributed by atoms with Crippen molar-refractivity contribution in [3.63, 3.8) is 0 Å². The van der Waals surface area contributed by atoms with Crippen LogP contribution in [0.1, 0.15) is 29.2 Å². The summed E-state index contributed by atoms with van der Waals surface area (Å²) in [6.45, 7) is 1.37. The van der Waals surface area contributed by atoms with E-state index >= 15 is 0 Å². The van der Waals surface area contributed by atoms with E-state index in [4.69, 9.17) is 5.73 Å². The Labute approximate surface area is 177 Å². The molecule has 0 radical (unpaired) electrons. The number of Topliss-reactive ketones (excluding diaryl/α,β-unsaturated/α-hetero) is 1.